The van der Waals surface area contributed by atoms with Crippen molar-refractivity contribution in [3.8, 4) is 0 Å². The molecule has 124 valence electrons. The number of carbonyl (C=O) groups excluding carboxylic acids is 1. The van der Waals surface area contributed by atoms with E-state index in [1.165, 1.54) is 17.4 Å². The van der Waals surface area contributed by atoms with Gasteiger partial charge in [-0.1, -0.05) is 18.2 Å². The minimum atomic E-state index is -0.391. The molecule has 1 amide bonds. The number of nitrogens with zero attached hydrogens (tertiary/aromatic N) is 3. The minimum absolute atomic E-state index is 0.0325. The Morgan fingerprint density at radius 1 is 1.46 bits per heavy atom. The molecule has 0 atom stereocenters. The molecule has 0 saturated carbocycles. The summed E-state index contributed by atoms with van der Waals surface area (Å²) < 4.78 is 15.9. The summed E-state index contributed by atoms with van der Waals surface area (Å²) in [5.41, 5.74) is 1.13. The van der Waals surface area contributed by atoms with Gasteiger partial charge in [-0.25, -0.2) is 9.37 Å². The summed E-state index contributed by atoms with van der Waals surface area (Å²) in [6, 6.07) is 6.21. The molecule has 0 aliphatic carbocycles. The number of benzene rings is 1. The number of halogens is 1. The van der Waals surface area contributed by atoms with Crippen LogP contribution >= 0.6 is 23.6 Å². The zero-order valence-electron chi connectivity index (χ0n) is 12.7. The fourth-order valence-electron chi connectivity index (χ4n) is 2.12. The summed E-state index contributed by atoms with van der Waals surface area (Å²) in [4.78, 5) is 16.4. The van der Waals surface area contributed by atoms with Gasteiger partial charge in [-0.15, -0.1) is 11.3 Å². The van der Waals surface area contributed by atoms with Gasteiger partial charge < -0.3 is 9.88 Å². The summed E-state index contributed by atoms with van der Waals surface area (Å²) in [5, 5.41) is 11.9. The third-order valence-corrected chi connectivity index (χ3v) is 4.59. The van der Waals surface area contributed by atoms with E-state index in [1.54, 1.807) is 22.8 Å². The van der Waals surface area contributed by atoms with Gasteiger partial charge in [-0.2, -0.15) is 5.10 Å². The molecular weight excluding hydrogens is 349 g/mol. The first-order valence-corrected chi connectivity index (χ1v) is 8.39. The largest absolute Gasteiger partial charge is 0.307 e. The Bertz CT molecular complexity index is 930. The average molecular weight is 363 g/mol. The molecule has 2 heterocycles. The van der Waals surface area contributed by atoms with E-state index < -0.39 is 5.82 Å². The SMILES string of the molecule is Cn1c(Cc2csc(NC(=O)Cc3ccccc3F)n2)n[nH]c1=S. The summed E-state index contributed by atoms with van der Waals surface area (Å²) in [5.74, 6) is 0.0620. The molecule has 0 saturated heterocycles. The maximum absolute atomic E-state index is 13.6. The van der Waals surface area contributed by atoms with Crippen molar-refractivity contribution >= 4 is 34.6 Å². The molecule has 0 fully saturated rings. The van der Waals surface area contributed by atoms with Gasteiger partial charge >= 0.3 is 0 Å². The van der Waals surface area contributed by atoms with Crippen LogP contribution in [-0.4, -0.2) is 25.7 Å². The second-order valence-corrected chi connectivity index (χ2v) is 6.39. The highest BCUT2D eigenvalue weighted by molar-refractivity contribution is 7.71. The number of hydrogen-bond acceptors (Lipinski definition) is 5. The molecule has 1 aromatic carbocycles. The molecule has 0 aliphatic heterocycles. The van der Waals surface area contributed by atoms with Crippen molar-refractivity contribution in [2.24, 2.45) is 7.05 Å². The van der Waals surface area contributed by atoms with Gasteiger partial charge in [0, 0.05) is 12.4 Å². The number of H-pyrrole nitrogens is 1. The van der Waals surface area contributed by atoms with Crippen molar-refractivity contribution in [3.05, 3.63) is 57.3 Å². The lowest BCUT2D eigenvalue weighted by Gasteiger charge is -2.03. The van der Waals surface area contributed by atoms with Crippen molar-refractivity contribution < 1.29 is 9.18 Å². The smallest absolute Gasteiger partial charge is 0.230 e. The first-order chi connectivity index (χ1) is 11.5. The fraction of sp³-hybridized carbons (Fsp3) is 0.200. The van der Waals surface area contributed by atoms with Crippen molar-refractivity contribution in [2.45, 2.75) is 12.8 Å². The van der Waals surface area contributed by atoms with E-state index in [0.29, 0.717) is 21.9 Å². The van der Waals surface area contributed by atoms with E-state index in [-0.39, 0.29) is 12.3 Å². The molecule has 9 heteroatoms. The monoisotopic (exact) mass is 363 g/mol. The Morgan fingerprint density at radius 2 is 2.25 bits per heavy atom. The fourth-order valence-corrected chi connectivity index (χ4v) is 3.00. The molecule has 0 unspecified atom stereocenters. The number of aromatic nitrogens is 4. The van der Waals surface area contributed by atoms with Crippen LogP contribution in [0.4, 0.5) is 9.52 Å². The number of thiazole rings is 1. The van der Waals surface area contributed by atoms with Crippen molar-refractivity contribution in [1.29, 1.82) is 0 Å². The minimum Gasteiger partial charge on any atom is -0.307 e. The molecule has 24 heavy (non-hydrogen) atoms. The van der Waals surface area contributed by atoms with Crippen LogP contribution in [0.1, 0.15) is 17.1 Å². The first kappa shape index (κ1) is 16.5. The van der Waals surface area contributed by atoms with Crippen molar-refractivity contribution in [1.82, 2.24) is 19.7 Å². The molecule has 3 rings (SSSR count). The number of nitrogens with one attached hydrogen (secondary N) is 2. The van der Waals surface area contributed by atoms with Crippen molar-refractivity contribution in [3.63, 3.8) is 0 Å². The summed E-state index contributed by atoms with van der Waals surface area (Å²) in [6.45, 7) is 0. The number of anilines is 1. The Morgan fingerprint density at radius 3 is 2.96 bits per heavy atom. The molecule has 0 radical (unpaired) electrons. The molecular formula is C15H14FN5OS2. The lowest BCUT2D eigenvalue weighted by molar-refractivity contribution is -0.115. The average Bonchev–Trinajstić information content (AvgIpc) is 3.11. The van der Waals surface area contributed by atoms with Gasteiger partial charge in [-0.3, -0.25) is 9.89 Å². The molecule has 3 aromatic rings. The number of amides is 1. The molecule has 0 spiro atoms. The summed E-state index contributed by atoms with van der Waals surface area (Å²) >= 11 is 6.38. The molecule has 0 aliphatic rings. The van der Waals surface area contributed by atoms with Crippen LogP contribution < -0.4 is 5.32 Å². The third kappa shape index (κ3) is 3.74. The Kier molecular flexibility index (Phi) is 4.81. The lowest BCUT2D eigenvalue weighted by Crippen LogP contribution is -2.15. The predicted octanol–water partition coefficient (Wildman–Crippen LogP) is 2.85. The van der Waals surface area contributed by atoms with Crippen LogP contribution in [0.25, 0.3) is 0 Å². The highest BCUT2D eigenvalue weighted by Gasteiger charge is 2.11. The Balaban J connectivity index is 1.63. The molecule has 2 N–H and O–H groups in total. The van der Waals surface area contributed by atoms with Crippen LogP contribution in [0.3, 0.4) is 0 Å². The number of rotatable bonds is 5. The maximum atomic E-state index is 13.6. The number of aromatic amines is 1. The Labute approximate surface area is 146 Å². The van der Waals surface area contributed by atoms with Gasteiger partial charge in [0.05, 0.1) is 18.5 Å². The van der Waals surface area contributed by atoms with Crippen LogP contribution in [0.5, 0.6) is 0 Å². The van der Waals surface area contributed by atoms with Gasteiger partial charge in [0.15, 0.2) is 9.90 Å². The maximum Gasteiger partial charge on any atom is 0.230 e. The van der Waals surface area contributed by atoms with Crippen LogP contribution in [-0.2, 0) is 24.7 Å². The van der Waals surface area contributed by atoms with Crippen LogP contribution in [0.15, 0.2) is 29.6 Å². The highest BCUT2D eigenvalue weighted by Crippen LogP contribution is 2.18. The van der Waals surface area contributed by atoms with Gasteiger partial charge in [0.2, 0.25) is 5.91 Å². The van der Waals surface area contributed by atoms with Crippen LogP contribution in [0, 0.1) is 10.6 Å². The zero-order valence-corrected chi connectivity index (χ0v) is 14.4. The Hall–Kier alpha value is -2.39. The highest BCUT2D eigenvalue weighted by atomic mass is 32.1. The first-order valence-electron chi connectivity index (χ1n) is 7.11. The van der Waals surface area contributed by atoms with Gasteiger partial charge in [-0.05, 0) is 23.8 Å². The normalized spacial score (nSPS) is 10.8. The van der Waals surface area contributed by atoms with Gasteiger partial charge in [0.1, 0.15) is 11.6 Å². The van der Waals surface area contributed by atoms with E-state index in [4.69, 9.17) is 12.2 Å². The molecule has 6 nitrogen and oxygen atoms in total. The van der Waals surface area contributed by atoms with E-state index in [9.17, 15) is 9.18 Å². The van der Waals surface area contributed by atoms with E-state index in [2.05, 4.69) is 20.5 Å². The predicted molar refractivity (Wildman–Crippen MR) is 92.0 cm³/mol. The number of carbonyl (C=O) groups is 1. The van der Waals surface area contributed by atoms with Crippen molar-refractivity contribution in [2.75, 3.05) is 5.32 Å². The van der Waals surface area contributed by atoms with E-state index in [0.717, 1.165) is 11.5 Å². The standard InChI is InChI=1S/C15H14FN5OS2/c1-21-12(19-20-15(21)23)7-10-8-24-14(17-10)18-13(22)6-9-4-2-3-5-11(9)16/h2-5,8H,6-7H2,1H3,(H,20,23)(H,17,18,22). The second kappa shape index (κ2) is 7.02. The zero-order chi connectivity index (χ0) is 17.1. The van der Waals surface area contributed by atoms with E-state index >= 15 is 0 Å². The number of hydrogen-bond donors (Lipinski definition) is 2. The second-order valence-electron chi connectivity index (χ2n) is 5.14. The molecule has 2 aromatic heterocycles. The molecule has 0 bridgehead atoms. The third-order valence-electron chi connectivity index (χ3n) is 3.42. The van der Waals surface area contributed by atoms with E-state index in [1.807, 2.05) is 12.4 Å². The topological polar surface area (TPSA) is 75.6 Å². The van der Waals surface area contributed by atoms with Crippen LogP contribution in [0.2, 0.25) is 0 Å². The quantitative estimate of drug-likeness (QED) is 0.684. The summed E-state index contributed by atoms with van der Waals surface area (Å²) in [6.07, 6.45) is 0.471. The summed E-state index contributed by atoms with van der Waals surface area (Å²) in [7, 11) is 1.82. The lowest BCUT2D eigenvalue weighted by atomic mass is 10.1. The van der Waals surface area contributed by atoms with Gasteiger partial charge in [0.25, 0.3) is 0 Å².